The molecule has 0 bridgehead atoms. The van der Waals surface area contributed by atoms with Crippen LogP contribution in [-0.4, -0.2) is 46.4 Å². The summed E-state index contributed by atoms with van der Waals surface area (Å²) in [4.78, 5) is 46.1. The first kappa shape index (κ1) is 29.8. The van der Waals surface area contributed by atoms with Crippen LogP contribution >= 0.6 is 0 Å². The number of phenols is 2. The van der Waals surface area contributed by atoms with Crippen molar-refractivity contribution in [2.75, 3.05) is 11.4 Å². The molecule has 0 aliphatic carbocycles. The molecule has 0 aromatic heterocycles. The highest BCUT2D eigenvalue weighted by molar-refractivity contribution is 6.20. The molecule has 5 aromatic carbocycles. The van der Waals surface area contributed by atoms with Crippen molar-refractivity contribution in [1.29, 1.82) is 0 Å². The lowest BCUT2D eigenvalue weighted by Crippen LogP contribution is -2.49. The number of fused-ring (bicyclic) bond motifs is 1. The number of aliphatic imine (C=N–C) groups is 1. The number of nitrogens with one attached hydrogen (secondary N) is 2. The molecule has 0 radical (unpaired) electrons. The number of benzene rings is 5. The zero-order valence-corrected chi connectivity index (χ0v) is 24.6. The maximum atomic E-state index is 14.2. The summed E-state index contributed by atoms with van der Waals surface area (Å²) in [6.07, 6.45) is -1.36. The minimum atomic E-state index is -1.36. The lowest BCUT2D eigenvalue weighted by Gasteiger charge is -2.26. The topological polar surface area (TPSA) is 131 Å². The fourth-order valence-electron chi connectivity index (χ4n) is 5.25. The van der Waals surface area contributed by atoms with Crippen molar-refractivity contribution in [2.24, 2.45) is 4.99 Å². The molecule has 9 nitrogen and oxygen atoms in total. The van der Waals surface area contributed by atoms with E-state index < -0.39 is 23.9 Å². The number of aromatic hydroxyl groups is 2. The van der Waals surface area contributed by atoms with Crippen LogP contribution in [0.5, 0.6) is 11.5 Å². The Labute approximate surface area is 265 Å². The predicted molar refractivity (Wildman–Crippen MR) is 176 cm³/mol. The van der Waals surface area contributed by atoms with Gasteiger partial charge in [0.05, 0.1) is 24.5 Å². The summed E-state index contributed by atoms with van der Waals surface area (Å²) < 4.78 is 0. The minimum absolute atomic E-state index is 0.0315. The molecule has 0 saturated carbocycles. The van der Waals surface area contributed by atoms with Gasteiger partial charge in [0.15, 0.2) is 0 Å². The van der Waals surface area contributed by atoms with E-state index in [1.54, 1.807) is 48.5 Å². The summed E-state index contributed by atoms with van der Waals surface area (Å²) in [7, 11) is 0. The second-order valence-electron chi connectivity index (χ2n) is 10.7. The van der Waals surface area contributed by atoms with Crippen molar-refractivity contribution in [1.82, 2.24) is 10.6 Å². The SMILES string of the molecule is O=C(CNC(=O)c1ccccc1)NC1N=C(c2ccc(O)cc2)c2cc(O)ccc2N(Cc2ccc(-c3ccccc3)cc2)C1=O. The van der Waals surface area contributed by atoms with E-state index in [9.17, 15) is 24.6 Å². The largest absolute Gasteiger partial charge is 0.508 e. The third-order valence-electron chi connectivity index (χ3n) is 7.57. The van der Waals surface area contributed by atoms with Gasteiger partial charge in [0.1, 0.15) is 11.5 Å². The van der Waals surface area contributed by atoms with Crippen LogP contribution in [0.2, 0.25) is 0 Å². The van der Waals surface area contributed by atoms with E-state index >= 15 is 0 Å². The Morgan fingerprint density at radius 2 is 1.33 bits per heavy atom. The normalized spacial score (nSPS) is 14.1. The summed E-state index contributed by atoms with van der Waals surface area (Å²) in [5.74, 6) is -1.53. The van der Waals surface area contributed by atoms with Gasteiger partial charge in [0, 0.05) is 16.7 Å². The number of carbonyl (C=O) groups excluding carboxylic acids is 3. The van der Waals surface area contributed by atoms with Crippen molar-refractivity contribution in [3.63, 3.8) is 0 Å². The van der Waals surface area contributed by atoms with Gasteiger partial charge in [-0.3, -0.25) is 14.4 Å². The van der Waals surface area contributed by atoms with Gasteiger partial charge in [-0.2, -0.15) is 0 Å². The molecule has 5 aromatic rings. The quantitative estimate of drug-likeness (QED) is 0.196. The molecule has 9 heteroatoms. The van der Waals surface area contributed by atoms with Crippen molar-refractivity contribution in [2.45, 2.75) is 12.7 Å². The van der Waals surface area contributed by atoms with Gasteiger partial charge in [0.25, 0.3) is 11.8 Å². The molecule has 1 heterocycles. The second kappa shape index (κ2) is 13.2. The van der Waals surface area contributed by atoms with E-state index in [0.29, 0.717) is 28.1 Å². The number of hydrogen-bond acceptors (Lipinski definition) is 6. The van der Waals surface area contributed by atoms with Gasteiger partial charge in [0.2, 0.25) is 12.1 Å². The highest BCUT2D eigenvalue weighted by Crippen LogP contribution is 2.33. The Morgan fingerprint density at radius 1 is 0.717 bits per heavy atom. The molecule has 1 aliphatic heterocycles. The lowest BCUT2D eigenvalue weighted by atomic mass is 9.99. The van der Waals surface area contributed by atoms with Gasteiger partial charge in [-0.05, 0) is 71.3 Å². The molecule has 6 rings (SSSR count). The maximum absolute atomic E-state index is 14.2. The van der Waals surface area contributed by atoms with Crippen LogP contribution < -0.4 is 15.5 Å². The first-order valence-electron chi connectivity index (χ1n) is 14.6. The number of carbonyl (C=O) groups is 3. The number of hydrogen-bond donors (Lipinski definition) is 4. The number of rotatable bonds is 8. The average molecular weight is 611 g/mol. The summed E-state index contributed by atoms with van der Waals surface area (Å²) in [5.41, 5.74) is 5.16. The second-order valence-corrected chi connectivity index (χ2v) is 10.7. The third kappa shape index (κ3) is 6.63. The first-order chi connectivity index (χ1) is 22.4. The smallest absolute Gasteiger partial charge is 0.272 e. The van der Waals surface area contributed by atoms with Crippen LogP contribution in [0.4, 0.5) is 5.69 Å². The molecular weight excluding hydrogens is 580 g/mol. The Bertz CT molecular complexity index is 1910. The fourth-order valence-corrected chi connectivity index (χ4v) is 5.25. The van der Waals surface area contributed by atoms with Gasteiger partial charge in [-0.15, -0.1) is 0 Å². The van der Waals surface area contributed by atoms with Gasteiger partial charge < -0.3 is 25.7 Å². The zero-order chi connectivity index (χ0) is 32.0. The van der Waals surface area contributed by atoms with Gasteiger partial charge in [-0.1, -0.05) is 72.8 Å². The predicted octanol–water partition coefficient (Wildman–Crippen LogP) is 5.02. The molecule has 46 heavy (non-hydrogen) atoms. The molecule has 1 atom stereocenters. The van der Waals surface area contributed by atoms with Gasteiger partial charge >= 0.3 is 0 Å². The summed E-state index contributed by atoms with van der Waals surface area (Å²) in [5, 5.41) is 25.7. The fraction of sp³-hybridized carbons (Fsp3) is 0.0811. The number of anilines is 1. The van der Waals surface area contributed by atoms with E-state index in [-0.39, 0.29) is 24.6 Å². The summed E-state index contributed by atoms with van der Waals surface area (Å²) in [6, 6.07) is 37.2. The van der Waals surface area contributed by atoms with Crippen LogP contribution in [0.15, 0.2) is 132 Å². The van der Waals surface area contributed by atoms with Gasteiger partial charge in [-0.25, -0.2) is 4.99 Å². The Kier molecular flexibility index (Phi) is 8.55. The van der Waals surface area contributed by atoms with E-state index in [1.165, 1.54) is 29.2 Å². The van der Waals surface area contributed by atoms with Crippen molar-refractivity contribution < 1.29 is 24.6 Å². The maximum Gasteiger partial charge on any atom is 0.272 e. The number of amides is 3. The highest BCUT2D eigenvalue weighted by Gasteiger charge is 2.33. The molecule has 0 saturated heterocycles. The first-order valence-corrected chi connectivity index (χ1v) is 14.6. The van der Waals surface area contributed by atoms with Crippen LogP contribution in [0.1, 0.15) is 27.0 Å². The Balaban J connectivity index is 1.33. The third-order valence-corrected chi connectivity index (χ3v) is 7.57. The van der Waals surface area contributed by atoms with E-state index in [0.717, 1.165) is 16.7 Å². The lowest BCUT2D eigenvalue weighted by molar-refractivity contribution is -0.126. The monoisotopic (exact) mass is 610 g/mol. The van der Waals surface area contributed by atoms with Crippen LogP contribution in [-0.2, 0) is 16.1 Å². The van der Waals surface area contributed by atoms with Crippen LogP contribution in [0, 0.1) is 0 Å². The number of benzodiazepines with no additional fused rings is 1. The number of phenolic OH excluding ortho intramolecular Hbond substituents is 2. The highest BCUT2D eigenvalue weighted by atomic mass is 16.3. The Hall–Kier alpha value is -6.22. The van der Waals surface area contributed by atoms with E-state index in [2.05, 4.69) is 10.6 Å². The molecule has 0 spiro atoms. The summed E-state index contributed by atoms with van der Waals surface area (Å²) in [6.45, 7) is -0.225. The molecule has 3 amide bonds. The number of nitrogens with zero attached hydrogens (tertiary/aromatic N) is 2. The van der Waals surface area contributed by atoms with E-state index in [1.807, 2.05) is 54.6 Å². The average Bonchev–Trinajstić information content (AvgIpc) is 3.19. The van der Waals surface area contributed by atoms with Crippen molar-refractivity contribution in [3.05, 3.63) is 150 Å². The minimum Gasteiger partial charge on any atom is -0.508 e. The summed E-state index contributed by atoms with van der Waals surface area (Å²) >= 11 is 0. The molecular formula is C37H30N4O5. The molecule has 0 fully saturated rings. The zero-order valence-electron chi connectivity index (χ0n) is 24.6. The van der Waals surface area contributed by atoms with Crippen molar-refractivity contribution in [3.8, 4) is 22.6 Å². The van der Waals surface area contributed by atoms with Crippen LogP contribution in [0.3, 0.4) is 0 Å². The standard InChI is InChI=1S/C37H30N4O5/c42-29-17-15-27(16-18-29)34-31-21-30(43)19-20-32(31)41(23-24-11-13-26(14-12-24)25-7-3-1-4-8-25)37(46)35(40-34)39-33(44)22-38-36(45)28-9-5-2-6-10-28/h1-21,35,42-43H,22-23H2,(H,38,45)(H,39,44). The molecule has 1 aliphatic rings. The molecule has 1 unspecified atom stereocenters. The molecule has 228 valence electrons. The van der Waals surface area contributed by atoms with E-state index in [4.69, 9.17) is 4.99 Å². The Morgan fingerprint density at radius 3 is 2.02 bits per heavy atom. The molecule has 4 N–H and O–H groups in total. The van der Waals surface area contributed by atoms with Crippen LogP contribution in [0.25, 0.3) is 11.1 Å². The van der Waals surface area contributed by atoms with Crippen molar-refractivity contribution >= 4 is 29.1 Å².